The predicted molar refractivity (Wildman–Crippen MR) is 83.9 cm³/mol. The molecule has 1 aromatic rings. The van der Waals surface area contributed by atoms with Gasteiger partial charge >= 0.3 is 0 Å². The minimum Gasteiger partial charge on any atom is -0.358 e. The lowest BCUT2D eigenvalue weighted by atomic mass is 10.1. The van der Waals surface area contributed by atoms with E-state index in [0.29, 0.717) is 17.3 Å². The number of aliphatic imine (C=N–C) groups is 1. The molecule has 4 heteroatoms. The monoisotopic (exact) mass is 282 g/mol. The summed E-state index contributed by atoms with van der Waals surface area (Å²) in [5, 5.41) is 5.34. The molecule has 1 aromatic heterocycles. The first-order valence-electron chi connectivity index (χ1n) is 6.53. The van der Waals surface area contributed by atoms with E-state index in [2.05, 4.69) is 46.0 Å². The van der Waals surface area contributed by atoms with E-state index in [-0.39, 0.29) is 0 Å². The summed E-state index contributed by atoms with van der Waals surface area (Å²) in [4.78, 5) is 7.50. The van der Waals surface area contributed by atoms with Crippen LogP contribution in [-0.4, -0.2) is 16.5 Å². The third kappa shape index (κ3) is 3.29. The van der Waals surface area contributed by atoms with Crippen LogP contribution in [0.4, 0.5) is 0 Å². The van der Waals surface area contributed by atoms with Gasteiger partial charge in [-0.15, -0.1) is 11.3 Å². The molecule has 0 spiro atoms. The highest BCUT2D eigenvalue weighted by Gasteiger charge is 2.20. The summed E-state index contributed by atoms with van der Waals surface area (Å²) < 4.78 is 0. The molecule has 0 radical (unpaired) electrons. The zero-order valence-corrected chi connectivity index (χ0v) is 13.4. The molecule has 1 N–H and O–H groups in total. The van der Waals surface area contributed by atoms with Crippen LogP contribution < -0.4 is 5.32 Å². The molecule has 100 valence electrons. The Morgan fingerprint density at radius 2 is 2.11 bits per heavy atom. The third-order valence-corrected chi connectivity index (χ3v) is 5.23. The highest BCUT2D eigenvalue weighted by molar-refractivity contribution is 8.14. The van der Waals surface area contributed by atoms with Gasteiger partial charge < -0.3 is 5.32 Å². The van der Waals surface area contributed by atoms with E-state index < -0.39 is 0 Å². The van der Waals surface area contributed by atoms with E-state index in [9.17, 15) is 0 Å². The van der Waals surface area contributed by atoms with Gasteiger partial charge in [0.1, 0.15) is 0 Å². The summed E-state index contributed by atoms with van der Waals surface area (Å²) >= 11 is 3.74. The fourth-order valence-electron chi connectivity index (χ4n) is 2.42. The van der Waals surface area contributed by atoms with Gasteiger partial charge in [-0.25, -0.2) is 0 Å². The van der Waals surface area contributed by atoms with Crippen molar-refractivity contribution >= 4 is 28.3 Å². The average Bonchev–Trinajstić information content (AvgIpc) is 2.56. The second-order valence-electron chi connectivity index (χ2n) is 5.18. The van der Waals surface area contributed by atoms with Gasteiger partial charge in [0.2, 0.25) is 0 Å². The van der Waals surface area contributed by atoms with Crippen LogP contribution in [0.2, 0.25) is 0 Å². The largest absolute Gasteiger partial charge is 0.358 e. The van der Waals surface area contributed by atoms with Gasteiger partial charge in [0, 0.05) is 15.0 Å². The molecular weight excluding hydrogens is 260 g/mol. The van der Waals surface area contributed by atoms with E-state index in [1.165, 1.54) is 21.7 Å². The summed E-state index contributed by atoms with van der Waals surface area (Å²) in [6, 6.07) is 3.08. The molecule has 2 heterocycles. The van der Waals surface area contributed by atoms with E-state index in [0.717, 1.165) is 5.17 Å². The molecular formula is C14H22N2S2. The molecule has 0 bridgehead atoms. The van der Waals surface area contributed by atoms with Crippen LogP contribution in [0.15, 0.2) is 11.1 Å². The van der Waals surface area contributed by atoms with Crippen molar-refractivity contribution in [2.75, 3.05) is 0 Å². The van der Waals surface area contributed by atoms with Gasteiger partial charge in [-0.3, -0.25) is 4.99 Å². The van der Waals surface area contributed by atoms with Crippen LogP contribution in [0.5, 0.6) is 0 Å². The molecule has 3 unspecified atom stereocenters. The molecule has 0 saturated carbocycles. The Kier molecular flexibility index (Phi) is 4.38. The zero-order chi connectivity index (χ0) is 13.3. The molecule has 0 fully saturated rings. The number of thioether (sulfide) groups is 1. The van der Waals surface area contributed by atoms with Crippen LogP contribution in [0, 0.1) is 13.8 Å². The summed E-state index contributed by atoms with van der Waals surface area (Å²) in [6.07, 6.45) is 1.18. The highest BCUT2D eigenvalue weighted by atomic mass is 32.2. The minimum atomic E-state index is 0.346. The molecule has 2 nitrogen and oxygen atoms in total. The molecule has 0 aromatic carbocycles. The lowest BCUT2D eigenvalue weighted by molar-refractivity contribution is 0.643. The number of aryl methyl sites for hydroxylation is 2. The molecule has 1 aliphatic rings. The van der Waals surface area contributed by atoms with Gasteiger partial charge in [0.05, 0.1) is 12.1 Å². The van der Waals surface area contributed by atoms with Crippen molar-refractivity contribution < 1.29 is 0 Å². The second kappa shape index (κ2) is 5.66. The van der Waals surface area contributed by atoms with E-state index in [4.69, 9.17) is 4.99 Å². The quantitative estimate of drug-likeness (QED) is 0.875. The standard InChI is InChI=1S/C14H22N2S2/c1-8-6-9(2)18-14(15-8)16-11(4)13-7-10(3)17-12(13)5/h7-9,11H,6H2,1-5H3,(H,15,16). The maximum Gasteiger partial charge on any atom is 0.157 e. The maximum atomic E-state index is 4.71. The van der Waals surface area contributed by atoms with Crippen LogP contribution in [-0.2, 0) is 0 Å². The number of amidine groups is 1. The van der Waals surface area contributed by atoms with Gasteiger partial charge in [0.25, 0.3) is 0 Å². The van der Waals surface area contributed by atoms with Gasteiger partial charge in [0.15, 0.2) is 5.17 Å². The Morgan fingerprint density at radius 1 is 1.39 bits per heavy atom. The van der Waals surface area contributed by atoms with Crippen molar-refractivity contribution in [1.82, 2.24) is 5.32 Å². The lowest BCUT2D eigenvalue weighted by Gasteiger charge is -2.25. The Balaban J connectivity index is 2.07. The molecule has 0 saturated heterocycles. The normalized spacial score (nSPS) is 25.7. The predicted octanol–water partition coefficient (Wildman–Crippen LogP) is 4.29. The van der Waals surface area contributed by atoms with Crippen LogP contribution in [0.25, 0.3) is 0 Å². The van der Waals surface area contributed by atoms with Crippen LogP contribution >= 0.6 is 23.1 Å². The first kappa shape index (κ1) is 13.9. The number of thiophene rings is 1. The molecule has 1 aliphatic heterocycles. The van der Waals surface area contributed by atoms with Crippen molar-refractivity contribution in [3.63, 3.8) is 0 Å². The zero-order valence-electron chi connectivity index (χ0n) is 11.8. The molecule has 18 heavy (non-hydrogen) atoms. The number of nitrogens with zero attached hydrogens (tertiary/aromatic N) is 1. The molecule has 0 aliphatic carbocycles. The summed E-state index contributed by atoms with van der Waals surface area (Å²) in [6.45, 7) is 11.1. The number of rotatable bonds is 2. The average molecular weight is 282 g/mol. The van der Waals surface area contributed by atoms with Gasteiger partial charge in [-0.05, 0) is 45.7 Å². The van der Waals surface area contributed by atoms with Gasteiger partial charge in [-0.1, -0.05) is 18.7 Å². The Bertz CT molecular complexity index is 451. The summed E-state index contributed by atoms with van der Waals surface area (Å²) in [5.41, 5.74) is 1.41. The van der Waals surface area contributed by atoms with E-state index in [1.54, 1.807) is 0 Å². The smallest absolute Gasteiger partial charge is 0.157 e. The first-order chi connectivity index (χ1) is 8.45. The highest BCUT2D eigenvalue weighted by Crippen LogP contribution is 2.29. The lowest BCUT2D eigenvalue weighted by Crippen LogP contribution is -2.30. The SMILES string of the molecule is Cc1cc(C(C)NC2=NC(C)CC(C)S2)c(C)s1. The minimum absolute atomic E-state index is 0.346. The molecule has 3 atom stereocenters. The number of hydrogen-bond donors (Lipinski definition) is 1. The second-order valence-corrected chi connectivity index (χ2v) is 8.07. The topological polar surface area (TPSA) is 24.4 Å². The summed E-state index contributed by atoms with van der Waals surface area (Å²) in [7, 11) is 0. The fourth-order valence-corrected chi connectivity index (χ4v) is 4.68. The number of hydrogen-bond acceptors (Lipinski definition) is 4. The van der Waals surface area contributed by atoms with Crippen LogP contribution in [0.3, 0.4) is 0 Å². The molecule has 0 amide bonds. The van der Waals surface area contributed by atoms with Gasteiger partial charge in [-0.2, -0.15) is 0 Å². The van der Waals surface area contributed by atoms with Crippen molar-refractivity contribution in [3.05, 3.63) is 21.4 Å². The summed E-state index contributed by atoms with van der Waals surface area (Å²) in [5.74, 6) is 0. The number of nitrogens with one attached hydrogen (secondary N) is 1. The maximum absolute atomic E-state index is 4.71. The molecule has 2 rings (SSSR count). The van der Waals surface area contributed by atoms with Crippen molar-refractivity contribution in [2.45, 2.75) is 58.4 Å². The first-order valence-corrected chi connectivity index (χ1v) is 8.23. The van der Waals surface area contributed by atoms with Crippen molar-refractivity contribution in [2.24, 2.45) is 4.99 Å². The Morgan fingerprint density at radius 3 is 2.67 bits per heavy atom. The third-order valence-electron chi connectivity index (χ3n) is 3.21. The Hall–Kier alpha value is -0.480. The van der Waals surface area contributed by atoms with E-state index >= 15 is 0 Å². The van der Waals surface area contributed by atoms with Crippen LogP contribution in [0.1, 0.15) is 48.6 Å². The van der Waals surface area contributed by atoms with Crippen molar-refractivity contribution in [3.8, 4) is 0 Å². The Labute approximate surface area is 118 Å². The fraction of sp³-hybridized carbons (Fsp3) is 0.643. The van der Waals surface area contributed by atoms with Crippen molar-refractivity contribution in [1.29, 1.82) is 0 Å². The van der Waals surface area contributed by atoms with E-state index in [1.807, 2.05) is 23.1 Å².